The molecule has 0 spiro atoms. The number of nitrogens with one attached hydrogen (secondary N) is 1. The summed E-state index contributed by atoms with van der Waals surface area (Å²) < 4.78 is 63.0. The Bertz CT molecular complexity index is 1560. The quantitative estimate of drug-likeness (QED) is 0.314. The van der Waals surface area contributed by atoms with Crippen LogP contribution in [0.15, 0.2) is 77.2 Å². The first kappa shape index (κ1) is 25.6. The number of nitrogen functional groups attached to an aromatic ring is 1. The highest BCUT2D eigenvalue weighted by Crippen LogP contribution is 2.30. The molecule has 0 aliphatic heterocycles. The van der Waals surface area contributed by atoms with Gasteiger partial charge in [0.25, 0.3) is 5.91 Å². The number of allylic oxidation sites excluding steroid dienone is 4. The van der Waals surface area contributed by atoms with Crippen LogP contribution in [0.1, 0.15) is 16.8 Å². The number of amides is 1. The zero-order chi connectivity index (χ0) is 27.6. The van der Waals surface area contributed by atoms with Crippen LogP contribution in [0.5, 0.6) is 5.75 Å². The molecule has 5 rings (SSSR count). The number of nitrogens with zero attached hydrogens (tertiary/aromatic N) is 5. The highest BCUT2D eigenvalue weighted by atomic mass is 19.4. The number of ether oxygens (including phenoxy) is 1. The summed E-state index contributed by atoms with van der Waals surface area (Å²) >= 11 is 0. The molecule has 1 atom stereocenters. The predicted molar refractivity (Wildman–Crippen MR) is 131 cm³/mol. The van der Waals surface area contributed by atoms with Gasteiger partial charge in [-0.25, -0.2) is 14.4 Å². The molecule has 3 aromatic heterocycles. The van der Waals surface area contributed by atoms with Crippen LogP contribution in [-0.4, -0.2) is 43.3 Å². The Hall–Kier alpha value is -5.01. The van der Waals surface area contributed by atoms with Crippen molar-refractivity contribution in [1.29, 1.82) is 0 Å². The fourth-order valence-corrected chi connectivity index (χ4v) is 3.84. The molecule has 1 aromatic carbocycles. The number of alkyl halides is 4. The van der Waals surface area contributed by atoms with Crippen LogP contribution in [-0.2, 0) is 6.54 Å². The van der Waals surface area contributed by atoms with Crippen molar-refractivity contribution in [2.24, 2.45) is 0 Å². The topological polar surface area (TPSA) is 134 Å². The van der Waals surface area contributed by atoms with Gasteiger partial charge in [0.05, 0.1) is 24.0 Å². The van der Waals surface area contributed by atoms with Crippen molar-refractivity contribution in [3.63, 3.8) is 0 Å². The summed E-state index contributed by atoms with van der Waals surface area (Å²) in [5.74, 6) is -1.66. The van der Waals surface area contributed by atoms with Crippen molar-refractivity contribution in [3.8, 4) is 28.7 Å². The Balaban J connectivity index is 1.41. The maximum absolute atomic E-state index is 14.4. The van der Waals surface area contributed by atoms with E-state index in [4.69, 9.17) is 10.3 Å². The van der Waals surface area contributed by atoms with E-state index in [1.165, 1.54) is 35.3 Å². The van der Waals surface area contributed by atoms with Crippen LogP contribution in [0.4, 0.5) is 29.1 Å². The molecule has 0 fully saturated rings. The summed E-state index contributed by atoms with van der Waals surface area (Å²) in [4.78, 5) is 21.1. The number of carbonyl (C=O) groups is 1. The SMILES string of the molecule is Nc1nc(-c2cc(-c3ccon3)n(CC3=CC=CCC3F)n2)ncc1NC(=O)c1ccccc1OC(F)(F)F. The molecule has 0 bridgehead atoms. The molecule has 1 aliphatic rings. The van der Waals surface area contributed by atoms with E-state index in [-0.39, 0.29) is 41.6 Å². The third-order valence-electron chi connectivity index (χ3n) is 5.66. The Morgan fingerprint density at radius 1 is 1.23 bits per heavy atom. The number of para-hydroxylation sites is 1. The molecule has 0 saturated carbocycles. The first-order valence-electron chi connectivity index (χ1n) is 11.5. The maximum atomic E-state index is 14.4. The molecule has 0 radical (unpaired) electrons. The number of carbonyl (C=O) groups excluding carboxylic acids is 1. The molecule has 200 valence electrons. The molecule has 4 aromatic rings. The van der Waals surface area contributed by atoms with Gasteiger partial charge in [-0.05, 0) is 23.8 Å². The first-order chi connectivity index (χ1) is 18.7. The van der Waals surface area contributed by atoms with E-state index in [2.05, 4.69) is 30.3 Å². The second-order valence-electron chi connectivity index (χ2n) is 8.32. The largest absolute Gasteiger partial charge is 0.573 e. The summed E-state index contributed by atoms with van der Waals surface area (Å²) in [6.45, 7) is 0.136. The third kappa shape index (κ3) is 5.79. The van der Waals surface area contributed by atoms with Crippen molar-refractivity contribution in [2.45, 2.75) is 25.5 Å². The summed E-state index contributed by atoms with van der Waals surface area (Å²) in [7, 11) is 0. The zero-order valence-corrected chi connectivity index (χ0v) is 19.9. The van der Waals surface area contributed by atoms with E-state index in [1.54, 1.807) is 30.4 Å². The van der Waals surface area contributed by atoms with Crippen LogP contribution in [0, 0.1) is 0 Å². The molecule has 3 heterocycles. The van der Waals surface area contributed by atoms with Gasteiger partial charge in [-0.3, -0.25) is 9.48 Å². The summed E-state index contributed by atoms with van der Waals surface area (Å²) in [5.41, 5.74) is 7.39. The van der Waals surface area contributed by atoms with Crippen LogP contribution < -0.4 is 15.8 Å². The number of halogens is 4. The van der Waals surface area contributed by atoms with Crippen LogP contribution in [0.25, 0.3) is 22.9 Å². The van der Waals surface area contributed by atoms with Crippen molar-refractivity contribution < 1.29 is 31.6 Å². The number of hydrogen-bond donors (Lipinski definition) is 2. The molecular formula is C25H19F4N7O3. The van der Waals surface area contributed by atoms with Crippen molar-refractivity contribution in [2.75, 3.05) is 11.1 Å². The Kier molecular flexibility index (Phi) is 6.83. The molecule has 1 aliphatic carbocycles. The first-order valence-corrected chi connectivity index (χ1v) is 11.5. The van der Waals surface area contributed by atoms with Gasteiger partial charge in [0, 0.05) is 12.5 Å². The highest BCUT2D eigenvalue weighted by molar-refractivity contribution is 6.07. The van der Waals surface area contributed by atoms with E-state index in [9.17, 15) is 22.4 Å². The van der Waals surface area contributed by atoms with Gasteiger partial charge in [0.2, 0.25) is 0 Å². The smallest absolute Gasteiger partial charge is 0.405 e. The number of hydrogen-bond acceptors (Lipinski definition) is 8. The maximum Gasteiger partial charge on any atom is 0.573 e. The second kappa shape index (κ2) is 10.4. The normalized spacial score (nSPS) is 15.2. The highest BCUT2D eigenvalue weighted by Gasteiger charge is 2.33. The third-order valence-corrected chi connectivity index (χ3v) is 5.66. The van der Waals surface area contributed by atoms with Gasteiger partial charge >= 0.3 is 6.36 Å². The van der Waals surface area contributed by atoms with Crippen molar-refractivity contribution >= 4 is 17.4 Å². The standard InChI is InChI=1S/C25H19F4N7O3/c26-16-7-3-1-5-14(16)13-36-20(17-9-10-38-35-17)11-18(34-36)23-31-12-19(22(30)33-23)32-24(37)15-6-2-4-8-21(15)39-25(27,28)29/h1-6,8-12,16H,7,13H2,(H,32,37)(H2,30,31,33). The zero-order valence-electron chi connectivity index (χ0n) is 19.9. The fourth-order valence-electron chi connectivity index (χ4n) is 3.84. The fraction of sp³-hybridized carbons (Fsp3) is 0.160. The van der Waals surface area contributed by atoms with Gasteiger partial charge in [0.1, 0.15) is 35.3 Å². The summed E-state index contributed by atoms with van der Waals surface area (Å²) in [6, 6.07) is 8.11. The average Bonchev–Trinajstić information content (AvgIpc) is 3.56. The van der Waals surface area contributed by atoms with E-state index >= 15 is 0 Å². The lowest BCUT2D eigenvalue weighted by Crippen LogP contribution is -2.21. The van der Waals surface area contributed by atoms with E-state index in [0.29, 0.717) is 17.0 Å². The summed E-state index contributed by atoms with van der Waals surface area (Å²) in [5, 5.41) is 10.8. The number of anilines is 2. The lowest BCUT2D eigenvalue weighted by Gasteiger charge is -2.15. The molecule has 1 amide bonds. The van der Waals surface area contributed by atoms with Crippen LogP contribution >= 0.6 is 0 Å². The number of rotatable bonds is 7. The minimum Gasteiger partial charge on any atom is -0.405 e. The van der Waals surface area contributed by atoms with Crippen molar-refractivity contribution in [3.05, 3.63) is 78.2 Å². The number of nitrogens with two attached hydrogens (primary N) is 1. The van der Waals surface area contributed by atoms with E-state index in [0.717, 1.165) is 6.07 Å². The Labute approximate surface area is 217 Å². The second-order valence-corrected chi connectivity index (χ2v) is 8.32. The van der Waals surface area contributed by atoms with E-state index in [1.807, 2.05) is 0 Å². The molecular weight excluding hydrogens is 522 g/mol. The lowest BCUT2D eigenvalue weighted by molar-refractivity contribution is -0.274. The minimum absolute atomic E-state index is 0.0406. The molecule has 10 nitrogen and oxygen atoms in total. The van der Waals surface area contributed by atoms with Gasteiger partial charge in [0.15, 0.2) is 11.6 Å². The molecule has 39 heavy (non-hydrogen) atoms. The summed E-state index contributed by atoms with van der Waals surface area (Å²) in [6.07, 6.45) is 1.90. The van der Waals surface area contributed by atoms with Crippen LogP contribution in [0.2, 0.25) is 0 Å². The monoisotopic (exact) mass is 541 g/mol. The predicted octanol–water partition coefficient (Wildman–Crippen LogP) is 4.95. The molecule has 3 N–H and O–H groups in total. The van der Waals surface area contributed by atoms with Gasteiger partial charge < -0.3 is 20.3 Å². The van der Waals surface area contributed by atoms with Crippen LogP contribution in [0.3, 0.4) is 0 Å². The van der Waals surface area contributed by atoms with Gasteiger partial charge in [-0.15, -0.1) is 13.2 Å². The van der Waals surface area contributed by atoms with E-state index < -0.39 is 24.2 Å². The van der Waals surface area contributed by atoms with Crippen molar-refractivity contribution in [1.82, 2.24) is 24.9 Å². The number of benzene rings is 1. The average molecular weight is 541 g/mol. The minimum atomic E-state index is -4.98. The Morgan fingerprint density at radius 3 is 2.77 bits per heavy atom. The van der Waals surface area contributed by atoms with Gasteiger partial charge in [-0.1, -0.05) is 35.5 Å². The molecule has 14 heteroatoms. The molecule has 1 unspecified atom stereocenters. The Morgan fingerprint density at radius 2 is 2.05 bits per heavy atom. The lowest BCUT2D eigenvalue weighted by atomic mass is 10.0. The van der Waals surface area contributed by atoms with Gasteiger partial charge in [-0.2, -0.15) is 5.10 Å². The molecule has 0 saturated heterocycles. The number of aromatic nitrogens is 5.